The van der Waals surface area contributed by atoms with Gasteiger partial charge in [0.2, 0.25) is 0 Å². The van der Waals surface area contributed by atoms with Gasteiger partial charge >= 0.3 is 6.09 Å². The first-order chi connectivity index (χ1) is 13.3. The van der Waals surface area contributed by atoms with Crippen molar-refractivity contribution in [3.63, 3.8) is 0 Å². The number of carbonyl (C=O) groups excluding carboxylic acids is 2. The molecule has 8 heteroatoms. The lowest BCUT2D eigenvalue weighted by Crippen LogP contribution is -2.37. The molecule has 0 bridgehead atoms. The van der Waals surface area contributed by atoms with Gasteiger partial charge < -0.3 is 20.7 Å². The van der Waals surface area contributed by atoms with E-state index in [1.807, 2.05) is 49.6 Å². The van der Waals surface area contributed by atoms with Gasteiger partial charge in [-0.3, -0.25) is 9.36 Å². The number of amides is 2. The number of carbonyl (C=O) groups is 2. The van der Waals surface area contributed by atoms with E-state index in [2.05, 4.69) is 16.0 Å². The molecule has 0 saturated heterocycles. The van der Waals surface area contributed by atoms with Crippen LogP contribution in [0.3, 0.4) is 0 Å². The van der Waals surface area contributed by atoms with Crippen LogP contribution in [0.4, 0.5) is 4.79 Å². The summed E-state index contributed by atoms with van der Waals surface area (Å²) in [6.45, 7) is 7.17. The van der Waals surface area contributed by atoms with Gasteiger partial charge in [-0.15, -0.1) is 0 Å². The van der Waals surface area contributed by atoms with Crippen LogP contribution < -0.4 is 16.0 Å². The lowest BCUT2D eigenvalue weighted by atomic mass is 10.1. The Morgan fingerprint density at radius 1 is 1.03 bits per heavy atom. The third-order valence-corrected chi connectivity index (χ3v) is 4.68. The van der Waals surface area contributed by atoms with Gasteiger partial charge in [-0.05, 0) is 45.5 Å². The fourth-order valence-electron chi connectivity index (χ4n) is 3.27. The largest absolute Gasteiger partial charge is 0.444 e. The van der Waals surface area contributed by atoms with E-state index >= 15 is 0 Å². The van der Waals surface area contributed by atoms with E-state index in [4.69, 9.17) is 17.0 Å². The van der Waals surface area contributed by atoms with Crippen LogP contribution in [0, 0.1) is 0 Å². The van der Waals surface area contributed by atoms with Crippen molar-refractivity contribution in [1.82, 2.24) is 20.5 Å². The standard InChI is InChI=1S/C20H26N4O3S.7CH4/c1-20(2,3)27-19(26)23-11-6-10-22-18(28)24-14-8-5-4-7-13(14)16-15(24)9-12-21-17(16)25;;;;;;;/h4-5,7-8H,6,9-12H2,1-3H3,(H,21,25)(H,22,28)(H,23,26);7*1H4. The number of thiocarbonyl (C=S) groups is 1. The molecule has 206 valence electrons. The van der Waals surface area contributed by atoms with Gasteiger partial charge in [0.1, 0.15) is 5.60 Å². The van der Waals surface area contributed by atoms with E-state index in [1.54, 1.807) is 0 Å². The number of rotatable bonds is 4. The number of nitrogens with zero attached hydrogens (tertiary/aromatic N) is 1. The Morgan fingerprint density at radius 2 is 1.60 bits per heavy atom. The van der Waals surface area contributed by atoms with Crippen LogP contribution in [0.1, 0.15) is 95.2 Å². The van der Waals surface area contributed by atoms with Gasteiger partial charge in [0.25, 0.3) is 5.91 Å². The molecule has 1 aliphatic heterocycles. The van der Waals surface area contributed by atoms with Gasteiger partial charge in [-0.1, -0.05) is 70.2 Å². The second kappa shape index (κ2) is 17.8. The number of para-hydroxylation sites is 1. The van der Waals surface area contributed by atoms with Crippen molar-refractivity contribution < 1.29 is 14.3 Å². The maximum atomic E-state index is 12.4. The van der Waals surface area contributed by atoms with Crippen molar-refractivity contribution >= 4 is 40.2 Å². The first-order valence-corrected chi connectivity index (χ1v) is 9.84. The van der Waals surface area contributed by atoms with Crippen LogP contribution >= 0.6 is 12.2 Å². The molecule has 35 heavy (non-hydrogen) atoms. The van der Waals surface area contributed by atoms with Crippen molar-refractivity contribution in [2.24, 2.45) is 0 Å². The van der Waals surface area contributed by atoms with Gasteiger partial charge in [0.15, 0.2) is 5.11 Å². The minimum absolute atomic E-state index is 0. The number of nitrogens with one attached hydrogen (secondary N) is 3. The molecule has 1 aromatic heterocycles. The summed E-state index contributed by atoms with van der Waals surface area (Å²) in [6.07, 6.45) is 1.01. The van der Waals surface area contributed by atoms with Gasteiger partial charge in [0, 0.05) is 37.1 Å². The molecular weight excluding hydrogens is 460 g/mol. The Morgan fingerprint density at radius 3 is 2.20 bits per heavy atom. The van der Waals surface area contributed by atoms with E-state index in [0.29, 0.717) is 36.7 Å². The predicted octanol–water partition coefficient (Wildman–Crippen LogP) is 7.02. The minimum atomic E-state index is -0.509. The summed E-state index contributed by atoms with van der Waals surface area (Å²) >= 11 is 5.61. The molecule has 3 rings (SSSR count). The first-order valence-electron chi connectivity index (χ1n) is 9.43. The molecule has 7 nitrogen and oxygen atoms in total. The third-order valence-electron chi connectivity index (χ3n) is 4.35. The number of benzene rings is 1. The zero-order chi connectivity index (χ0) is 20.3. The highest BCUT2D eigenvalue weighted by Gasteiger charge is 2.26. The van der Waals surface area contributed by atoms with Gasteiger partial charge in [0.05, 0.1) is 11.1 Å². The van der Waals surface area contributed by atoms with E-state index in [-0.39, 0.29) is 57.9 Å². The predicted molar refractivity (Wildman–Crippen MR) is 160 cm³/mol. The number of aromatic nitrogens is 1. The third kappa shape index (κ3) is 10.3. The maximum Gasteiger partial charge on any atom is 0.407 e. The van der Waals surface area contributed by atoms with E-state index < -0.39 is 11.7 Å². The summed E-state index contributed by atoms with van der Waals surface area (Å²) in [7, 11) is 0. The molecule has 2 heterocycles. The van der Waals surface area contributed by atoms with Crippen molar-refractivity contribution in [1.29, 1.82) is 0 Å². The quantitative estimate of drug-likeness (QED) is 0.302. The molecule has 0 unspecified atom stereocenters. The number of ether oxygens (including phenoxy) is 1. The molecule has 3 N–H and O–H groups in total. The lowest BCUT2D eigenvalue weighted by Gasteiger charge is -2.20. The summed E-state index contributed by atoms with van der Waals surface area (Å²) in [5, 5.41) is 10.3. The molecule has 0 radical (unpaired) electrons. The molecular formula is C27H54N4O3S. The van der Waals surface area contributed by atoms with Crippen molar-refractivity contribution in [3.05, 3.63) is 35.5 Å². The Labute approximate surface area is 221 Å². The van der Waals surface area contributed by atoms with E-state index in [9.17, 15) is 9.59 Å². The molecule has 0 saturated carbocycles. The van der Waals surface area contributed by atoms with Crippen LogP contribution in [0.15, 0.2) is 24.3 Å². The first kappa shape index (κ1) is 42.5. The summed E-state index contributed by atoms with van der Waals surface area (Å²) in [5.74, 6) is -0.0550. The average molecular weight is 515 g/mol. The van der Waals surface area contributed by atoms with E-state index in [0.717, 1.165) is 23.0 Å². The highest BCUT2D eigenvalue weighted by atomic mass is 32.1. The topological polar surface area (TPSA) is 84.4 Å². The van der Waals surface area contributed by atoms with Crippen LogP contribution in [-0.4, -0.2) is 46.9 Å². The smallest absolute Gasteiger partial charge is 0.407 e. The van der Waals surface area contributed by atoms with E-state index in [1.165, 1.54) is 0 Å². The zero-order valence-corrected chi connectivity index (χ0v) is 17.2. The summed E-state index contributed by atoms with van der Waals surface area (Å²) in [5.41, 5.74) is 2.06. The molecule has 0 spiro atoms. The average Bonchev–Trinajstić information content (AvgIpc) is 2.95. The Balaban J connectivity index is -0.000000429. The SMILES string of the molecule is C.C.C.C.C.C.C.CC(C)(C)OC(=O)NCCCNC(=S)n1c2c(c3ccccc31)C(=O)NCC2. The Kier molecular flexibility index (Phi) is 21.6. The highest BCUT2D eigenvalue weighted by molar-refractivity contribution is 7.80. The Bertz CT molecular complexity index is 917. The molecule has 0 aliphatic carbocycles. The normalized spacial score (nSPS) is 10.9. The minimum Gasteiger partial charge on any atom is -0.444 e. The number of fused-ring (bicyclic) bond motifs is 3. The number of alkyl carbamates (subject to hydrolysis) is 1. The van der Waals surface area contributed by atoms with Gasteiger partial charge in [-0.2, -0.15) is 0 Å². The molecule has 2 aromatic rings. The van der Waals surface area contributed by atoms with Crippen LogP contribution in [0.2, 0.25) is 0 Å². The lowest BCUT2D eigenvalue weighted by molar-refractivity contribution is 0.0527. The van der Waals surface area contributed by atoms with Crippen LogP contribution in [0.5, 0.6) is 0 Å². The Hall–Kier alpha value is -2.61. The zero-order valence-electron chi connectivity index (χ0n) is 16.4. The van der Waals surface area contributed by atoms with Gasteiger partial charge in [-0.25, -0.2) is 4.79 Å². The van der Waals surface area contributed by atoms with Crippen LogP contribution in [-0.2, 0) is 11.2 Å². The van der Waals surface area contributed by atoms with Crippen molar-refractivity contribution in [2.45, 2.75) is 91.2 Å². The van der Waals surface area contributed by atoms with Crippen molar-refractivity contribution in [2.75, 3.05) is 19.6 Å². The fraction of sp³-hybridized carbons (Fsp3) is 0.593. The summed E-state index contributed by atoms with van der Waals surface area (Å²) < 4.78 is 7.16. The maximum absolute atomic E-state index is 12.4. The molecule has 1 aliphatic rings. The molecule has 1 aromatic carbocycles. The van der Waals surface area contributed by atoms with Crippen LogP contribution in [0.25, 0.3) is 10.9 Å². The summed E-state index contributed by atoms with van der Waals surface area (Å²) in [6, 6.07) is 7.78. The monoisotopic (exact) mass is 514 g/mol. The second-order valence-corrected chi connectivity index (χ2v) is 8.08. The second-order valence-electron chi connectivity index (χ2n) is 7.69. The molecule has 2 amide bonds. The fourth-order valence-corrected chi connectivity index (χ4v) is 3.58. The van der Waals surface area contributed by atoms with Crippen molar-refractivity contribution in [3.8, 4) is 0 Å². The number of hydrogen-bond acceptors (Lipinski definition) is 4. The molecule has 0 fully saturated rings. The summed E-state index contributed by atoms with van der Waals surface area (Å²) in [4.78, 5) is 24.0. The number of hydrogen-bond donors (Lipinski definition) is 3. The highest BCUT2D eigenvalue weighted by Crippen LogP contribution is 2.28. The molecule has 0 atom stereocenters.